The minimum Gasteiger partial charge on any atom is -0.480 e. The van der Waals surface area contributed by atoms with Crippen LogP contribution in [-0.2, 0) is 11.3 Å². The Hall–Kier alpha value is -1.85. The van der Waals surface area contributed by atoms with Crippen LogP contribution in [0.4, 0.5) is 0 Å². The maximum atomic E-state index is 11.2. The smallest absolute Gasteiger partial charge is 0.325 e. The maximum absolute atomic E-state index is 11.2. The van der Waals surface area contributed by atoms with Crippen LogP contribution in [0.5, 0.6) is 0 Å². The molecule has 0 spiro atoms. The van der Waals surface area contributed by atoms with Crippen LogP contribution in [0.25, 0.3) is 0 Å². The van der Waals surface area contributed by atoms with E-state index in [1.54, 1.807) is 6.92 Å². The van der Waals surface area contributed by atoms with Gasteiger partial charge in [0, 0.05) is 12.7 Å². The minimum atomic E-state index is -0.990. The average Bonchev–Trinajstić information content (AvgIpc) is 2.52. The van der Waals surface area contributed by atoms with Crippen LogP contribution in [0.3, 0.4) is 0 Å². The highest BCUT2D eigenvalue weighted by Gasteiger charge is 2.08. The van der Waals surface area contributed by atoms with Gasteiger partial charge in [-0.05, 0) is 13.0 Å². The van der Waals surface area contributed by atoms with Crippen LogP contribution >= 0.6 is 0 Å². The second-order valence-corrected chi connectivity index (χ2v) is 2.65. The first-order valence-corrected chi connectivity index (χ1v) is 4.17. The molecule has 2 N–H and O–H groups in total. The lowest BCUT2D eigenvalue weighted by Crippen LogP contribution is -2.23. The van der Waals surface area contributed by atoms with Gasteiger partial charge in [-0.15, -0.1) is 0 Å². The molecule has 0 aromatic carbocycles. The van der Waals surface area contributed by atoms with Gasteiger partial charge in [0.2, 0.25) is 0 Å². The van der Waals surface area contributed by atoms with Crippen molar-refractivity contribution in [2.24, 2.45) is 0 Å². The van der Waals surface area contributed by atoms with Gasteiger partial charge in [-0.3, -0.25) is 14.3 Å². The number of carbonyl (C=O) groups is 2. The second kappa shape index (κ2) is 4.40. The van der Waals surface area contributed by atoms with Crippen LogP contribution in [0.15, 0.2) is 12.3 Å². The van der Waals surface area contributed by atoms with Gasteiger partial charge in [0.15, 0.2) is 0 Å². The number of hydrogen-bond donors (Lipinski definition) is 2. The van der Waals surface area contributed by atoms with Gasteiger partial charge in [-0.1, -0.05) is 0 Å². The number of aliphatic carboxylic acids is 1. The molecule has 0 radical (unpaired) electrons. The molecule has 6 nitrogen and oxygen atoms in total. The molecule has 0 aliphatic rings. The molecule has 76 valence electrons. The summed E-state index contributed by atoms with van der Waals surface area (Å²) in [5, 5.41) is 14.8. The van der Waals surface area contributed by atoms with E-state index >= 15 is 0 Å². The van der Waals surface area contributed by atoms with E-state index in [2.05, 4.69) is 10.4 Å². The monoisotopic (exact) mass is 197 g/mol. The third-order valence-electron chi connectivity index (χ3n) is 1.51. The van der Waals surface area contributed by atoms with Gasteiger partial charge < -0.3 is 10.4 Å². The second-order valence-electron chi connectivity index (χ2n) is 2.65. The number of carbonyl (C=O) groups excluding carboxylic acids is 1. The number of rotatable bonds is 4. The Labute approximate surface area is 80.5 Å². The zero-order valence-corrected chi connectivity index (χ0v) is 7.73. The molecule has 0 fully saturated rings. The fraction of sp³-hybridized carbons (Fsp3) is 0.375. The average molecular weight is 197 g/mol. The van der Waals surface area contributed by atoms with E-state index in [-0.39, 0.29) is 18.1 Å². The van der Waals surface area contributed by atoms with Crippen molar-refractivity contribution < 1.29 is 14.7 Å². The Kier molecular flexibility index (Phi) is 3.22. The molecular formula is C8H11N3O3. The number of carboxylic acid groups (broad SMARTS) is 1. The lowest BCUT2D eigenvalue weighted by atomic mass is 10.4. The Morgan fingerprint density at radius 1 is 1.64 bits per heavy atom. The molecular weight excluding hydrogens is 186 g/mol. The predicted molar refractivity (Wildman–Crippen MR) is 47.9 cm³/mol. The van der Waals surface area contributed by atoms with Crippen molar-refractivity contribution in [3.8, 4) is 0 Å². The highest BCUT2D eigenvalue weighted by molar-refractivity contribution is 5.92. The molecule has 0 aliphatic carbocycles. The first-order chi connectivity index (χ1) is 6.63. The Balaban J connectivity index is 2.67. The number of nitrogens with zero attached hydrogens (tertiary/aromatic N) is 2. The van der Waals surface area contributed by atoms with Crippen molar-refractivity contribution in [2.75, 3.05) is 6.54 Å². The van der Waals surface area contributed by atoms with E-state index in [0.29, 0.717) is 6.54 Å². The van der Waals surface area contributed by atoms with E-state index < -0.39 is 5.97 Å². The summed E-state index contributed by atoms with van der Waals surface area (Å²) < 4.78 is 1.20. The number of amides is 1. The van der Waals surface area contributed by atoms with Gasteiger partial charge in [0.25, 0.3) is 5.91 Å². The van der Waals surface area contributed by atoms with Crippen LogP contribution in [0.2, 0.25) is 0 Å². The number of carboxylic acids is 1. The summed E-state index contributed by atoms with van der Waals surface area (Å²) in [4.78, 5) is 21.5. The minimum absolute atomic E-state index is 0.230. The number of hydrogen-bond acceptors (Lipinski definition) is 3. The molecule has 6 heteroatoms. The summed E-state index contributed by atoms with van der Waals surface area (Å²) in [5.41, 5.74) is 0.230. The molecule has 1 rings (SSSR count). The van der Waals surface area contributed by atoms with E-state index in [9.17, 15) is 9.59 Å². The lowest BCUT2D eigenvalue weighted by Gasteiger charge is -1.97. The first-order valence-electron chi connectivity index (χ1n) is 4.17. The fourth-order valence-corrected chi connectivity index (χ4v) is 0.961. The number of nitrogens with one attached hydrogen (secondary N) is 1. The van der Waals surface area contributed by atoms with Gasteiger partial charge in [-0.2, -0.15) is 5.10 Å². The molecule has 14 heavy (non-hydrogen) atoms. The van der Waals surface area contributed by atoms with Gasteiger partial charge in [-0.25, -0.2) is 0 Å². The zero-order valence-electron chi connectivity index (χ0n) is 7.73. The topological polar surface area (TPSA) is 84.2 Å². The highest BCUT2D eigenvalue weighted by Crippen LogP contribution is 1.95. The predicted octanol–water partition coefficient (Wildman–Crippen LogP) is -0.283. The van der Waals surface area contributed by atoms with Crippen molar-refractivity contribution in [3.63, 3.8) is 0 Å². The normalized spacial score (nSPS) is 9.79. The zero-order chi connectivity index (χ0) is 10.6. The van der Waals surface area contributed by atoms with Crippen molar-refractivity contribution in [1.82, 2.24) is 15.1 Å². The van der Waals surface area contributed by atoms with Crippen molar-refractivity contribution in [2.45, 2.75) is 13.5 Å². The molecule has 1 aromatic heterocycles. The summed E-state index contributed by atoms with van der Waals surface area (Å²) >= 11 is 0. The van der Waals surface area contributed by atoms with Gasteiger partial charge in [0.1, 0.15) is 12.2 Å². The summed E-state index contributed by atoms with van der Waals surface area (Å²) in [5.74, 6) is -1.29. The van der Waals surface area contributed by atoms with Crippen LogP contribution < -0.4 is 5.32 Å². The summed E-state index contributed by atoms with van der Waals surface area (Å²) in [6.45, 7) is 2.08. The summed E-state index contributed by atoms with van der Waals surface area (Å²) in [6, 6.07) is 1.48. The van der Waals surface area contributed by atoms with Crippen molar-refractivity contribution in [3.05, 3.63) is 18.0 Å². The molecule has 0 saturated carbocycles. The van der Waals surface area contributed by atoms with Crippen LogP contribution in [0, 0.1) is 0 Å². The quantitative estimate of drug-likeness (QED) is 0.695. The first kappa shape index (κ1) is 10.2. The van der Waals surface area contributed by atoms with Gasteiger partial charge >= 0.3 is 5.97 Å². The fourth-order valence-electron chi connectivity index (χ4n) is 0.961. The Bertz CT molecular complexity index is 345. The summed E-state index contributed by atoms with van der Waals surface area (Å²) in [6.07, 6.45) is 1.46. The van der Waals surface area contributed by atoms with E-state index in [0.717, 1.165) is 0 Å². The van der Waals surface area contributed by atoms with Crippen LogP contribution in [-0.4, -0.2) is 33.3 Å². The van der Waals surface area contributed by atoms with Gasteiger partial charge in [0.05, 0.1) is 0 Å². The third kappa shape index (κ3) is 2.58. The molecule has 1 heterocycles. The molecule has 0 bridgehead atoms. The highest BCUT2D eigenvalue weighted by atomic mass is 16.4. The molecule has 1 amide bonds. The third-order valence-corrected chi connectivity index (χ3v) is 1.51. The van der Waals surface area contributed by atoms with E-state index in [1.165, 1.54) is 16.9 Å². The van der Waals surface area contributed by atoms with Crippen LogP contribution in [0.1, 0.15) is 17.4 Å². The molecule has 0 aliphatic heterocycles. The molecule has 0 saturated heterocycles. The van der Waals surface area contributed by atoms with Crippen molar-refractivity contribution in [1.29, 1.82) is 0 Å². The SMILES string of the molecule is CCNC(=O)c1ccn(CC(=O)O)n1. The number of aromatic nitrogens is 2. The Morgan fingerprint density at radius 3 is 2.93 bits per heavy atom. The molecule has 0 unspecified atom stereocenters. The molecule has 0 atom stereocenters. The van der Waals surface area contributed by atoms with E-state index in [4.69, 9.17) is 5.11 Å². The lowest BCUT2D eigenvalue weighted by molar-refractivity contribution is -0.137. The van der Waals surface area contributed by atoms with E-state index in [1.807, 2.05) is 0 Å². The standard InChI is InChI=1S/C8H11N3O3/c1-2-9-8(14)6-3-4-11(10-6)5-7(12)13/h3-4H,2,5H2,1H3,(H,9,14)(H,12,13). The maximum Gasteiger partial charge on any atom is 0.325 e. The Morgan fingerprint density at radius 2 is 2.36 bits per heavy atom. The largest absolute Gasteiger partial charge is 0.480 e. The molecule has 1 aromatic rings. The summed E-state index contributed by atoms with van der Waals surface area (Å²) in [7, 11) is 0. The van der Waals surface area contributed by atoms with Crippen molar-refractivity contribution >= 4 is 11.9 Å².